The van der Waals surface area contributed by atoms with Gasteiger partial charge in [0.05, 0.1) is 16.7 Å². The summed E-state index contributed by atoms with van der Waals surface area (Å²) >= 11 is 1.27. The van der Waals surface area contributed by atoms with Gasteiger partial charge in [-0.1, -0.05) is 0 Å². The van der Waals surface area contributed by atoms with Crippen LogP contribution in [0.2, 0.25) is 0 Å². The number of thiazole rings is 1. The van der Waals surface area contributed by atoms with Crippen molar-refractivity contribution in [3.8, 4) is 22.6 Å². The minimum atomic E-state index is -4.77. The van der Waals surface area contributed by atoms with Crippen LogP contribution in [0.5, 0.6) is 5.75 Å². The van der Waals surface area contributed by atoms with Crippen molar-refractivity contribution in [3.63, 3.8) is 0 Å². The van der Waals surface area contributed by atoms with Crippen molar-refractivity contribution in [1.82, 2.24) is 19.3 Å². The molecule has 0 radical (unpaired) electrons. The molecule has 0 aliphatic rings. The number of aryl methyl sites for hydroxylation is 2. The highest BCUT2D eigenvalue weighted by Gasteiger charge is 2.31. The average molecular weight is 406 g/mol. The first kappa shape index (κ1) is 18.2. The summed E-state index contributed by atoms with van der Waals surface area (Å²) in [7, 11) is 1.78. The molecule has 1 aromatic carbocycles. The molecular formula is C18H13F3N4O2S. The zero-order valence-electron chi connectivity index (χ0n) is 14.7. The number of ether oxygens (including phenoxy) is 1. The molecule has 0 aliphatic carbocycles. The Hall–Kier alpha value is -3.14. The predicted molar refractivity (Wildman–Crippen MR) is 98.8 cm³/mol. The van der Waals surface area contributed by atoms with E-state index < -0.39 is 6.36 Å². The van der Waals surface area contributed by atoms with Gasteiger partial charge in [0, 0.05) is 36.3 Å². The van der Waals surface area contributed by atoms with Crippen LogP contribution in [0.4, 0.5) is 13.2 Å². The summed E-state index contributed by atoms with van der Waals surface area (Å²) in [6.07, 6.45) is 0.322. The monoisotopic (exact) mass is 406 g/mol. The van der Waals surface area contributed by atoms with Gasteiger partial charge >= 0.3 is 6.36 Å². The number of hydrogen-bond donors (Lipinski definition) is 0. The van der Waals surface area contributed by atoms with Crippen molar-refractivity contribution in [3.05, 3.63) is 58.2 Å². The maximum Gasteiger partial charge on any atom is 0.573 e. The lowest BCUT2D eigenvalue weighted by molar-refractivity contribution is -0.274. The van der Waals surface area contributed by atoms with Crippen LogP contribution in [0.25, 0.3) is 27.0 Å². The second kappa shape index (κ2) is 6.48. The van der Waals surface area contributed by atoms with Crippen molar-refractivity contribution in [2.24, 2.45) is 7.05 Å². The molecule has 3 aromatic heterocycles. The third-order valence-electron chi connectivity index (χ3n) is 4.02. The van der Waals surface area contributed by atoms with Crippen LogP contribution in [-0.2, 0) is 7.05 Å². The topological polar surface area (TPSA) is 61.9 Å². The molecule has 0 aliphatic heterocycles. The standard InChI is InChI=1S/C18H13F3N4O2S/c1-10-23-15-14(11-7-22-24(2)8-11)9-25(17(26)16(15)28-10)12-3-5-13(6-4-12)27-18(19,20)21/h3-9H,1-2H3. The molecule has 3 heterocycles. The third-order valence-corrected chi connectivity index (χ3v) is 4.98. The van der Waals surface area contributed by atoms with Crippen LogP contribution in [0.15, 0.2) is 47.7 Å². The Bertz CT molecular complexity index is 1220. The van der Waals surface area contributed by atoms with E-state index in [2.05, 4.69) is 14.8 Å². The lowest BCUT2D eigenvalue weighted by atomic mass is 10.1. The van der Waals surface area contributed by atoms with Gasteiger partial charge in [-0.05, 0) is 31.2 Å². The van der Waals surface area contributed by atoms with Gasteiger partial charge in [0.1, 0.15) is 10.4 Å². The largest absolute Gasteiger partial charge is 0.573 e. The Morgan fingerprint density at radius 2 is 1.86 bits per heavy atom. The highest BCUT2D eigenvalue weighted by atomic mass is 32.1. The Balaban J connectivity index is 1.88. The van der Waals surface area contributed by atoms with E-state index >= 15 is 0 Å². The molecule has 0 unspecified atom stereocenters. The minimum absolute atomic E-state index is 0.294. The molecule has 0 saturated heterocycles. The second-order valence-electron chi connectivity index (χ2n) is 6.07. The van der Waals surface area contributed by atoms with Crippen LogP contribution in [0.1, 0.15) is 5.01 Å². The summed E-state index contributed by atoms with van der Waals surface area (Å²) in [5.74, 6) is -0.355. The number of fused-ring (bicyclic) bond motifs is 1. The van der Waals surface area contributed by atoms with E-state index in [0.29, 0.717) is 21.5 Å². The van der Waals surface area contributed by atoms with E-state index in [4.69, 9.17) is 0 Å². The second-order valence-corrected chi connectivity index (χ2v) is 7.28. The van der Waals surface area contributed by atoms with E-state index in [1.807, 2.05) is 6.92 Å². The predicted octanol–water partition coefficient (Wildman–Crippen LogP) is 4.05. The lowest BCUT2D eigenvalue weighted by Gasteiger charge is -2.11. The first-order valence-electron chi connectivity index (χ1n) is 8.09. The van der Waals surface area contributed by atoms with Gasteiger partial charge in [-0.15, -0.1) is 24.5 Å². The highest BCUT2D eigenvalue weighted by molar-refractivity contribution is 7.18. The van der Waals surface area contributed by atoms with Crippen molar-refractivity contribution >= 4 is 21.6 Å². The van der Waals surface area contributed by atoms with Crippen LogP contribution in [0, 0.1) is 6.92 Å². The number of alkyl halides is 3. The van der Waals surface area contributed by atoms with Gasteiger partial charge in [-0.2, -0.15) is 5.10 Å². The summed E-state index contributed by atoms with van der Waals surface area (Å²) in [4.78, 5) is 17.4. The summed E-state index contributed by atoms with van der Waals surface area (Å²) in [5.41, 5.74) is 2.19. The minimum Gasteiger partial charge on any atom is -0.406 e. The SMILES string of the molecule is Cc1nc2c(-c3cnn(C)c3)cn(-c3ccc(OC(F)(F)F)cc3)c(=O)c2s1. The molecule has 10 heteroatoms. The first-order valence-corrected chi connectivity index (χ1v) is 8.91. The number of aromatic nitrogens is 4. The molecule has 4 rings (SSSR count). The molecule has 4 aromatic rings. The van der Waals surface area contributed by atoms with E-state index in [9.17, 15) is 18.0 Å². The van der Waals surface area contributed by atoms with Gasteiger partial charge in [-0.25, -0.2) is 4.98 Å². The fourth-order valence-corrected chi connectivity index (χ4v) is 3.75. The number of rotatable bonds is 3. The molecule has 0 N–H and O–H groups in total. The fourth-order valence-electron chi connectivity index (χ4n) is 2.88. The molecule has 6 nitrogen and oxygen atoms in total. The van der Waals surface area contributed by atoms with Crippen LogP contribution >= 0.6 is 11.3 Å². The normalized spacial score (nSPS) is 11.9. The number of pyridine rings is 1. The van der Waals surface area contributed by atoms with Crippen molar-refractivity contribution in [2.75, 3.05) is 0 Å². The highest BCUT2D eigenvalue weighted by Crippen LogP contribution is 2.30. The Kier molecular flexibility index (Phi) is 4.22. The molecular weight excluding hydrogens is 393 g/mol. The van der Waals surface area contributed by atoms with E-state index in [1.54, 1.807) is 30.3 Å². The lowest BCUT2D eigenvalue weighted by Crippen LogP contribution is -2.18. The molecule has 0 fully saturated rings. The quantitative estimate of drug-likeness (QED) is 0.515. The number of hydrogen-bond acceptors (Lipinski definition) is 5. The molecule has 0 bridgehead atoms. The van der Waals surface area contributed by atoms with Crippen LogP contribution < -0.4 is 10.3 Å². The number of nitrogens with zero attached hydrogens (tertiary/aromatic N) is 4. The number of halogens is 3. The fraction of sp³-hybridized carbons (Fsp3) is 0.167. The Morgan fingerprint density at radius 3 is 2.46 bits per heavy atom. The summed E-state index contributed by atoms with van der Waals surface area (Å²) in [6, 6.07) is 5.13. The van der Waals surface area contributed by atoms with Gasteiger partial charge in [-0.3, -0.25) is 14.0 Å². The molecule has 0 spiro atoms. The Morgan fingerprint density at radius 1 is 1.14 bits per heavy atom. The van der Waals surface area contributed by atoms with E-state index in [0.717, 1.165) is 10.6 Å². The van der Waals surface area contributed by atoms with Gasteiger partial charge in [0.2, 0.25) is 0 Å². The van der Waals surface area contributed by atoms with Crippen molar-refractivity contribution in [2.45, 2.75) is 13.3 Å². The van der Waals surface area contributed by atoms with Gasteiger partial charge in [0.15, 0.2) is 0 Å². The zero-order chi connectivity index (χ0) is 20.1. The summed E-state index contributed by atoms with van der Waals surface area (Å²) in [5, 5.41) is 4.90. The zero-order valence-corrected chi connectivity index (χ0v) is 15.5. The summed E-state index contributed by atoms with van der Waals surface area (Å²) in [6.45, 7) is 1.81. The molecule has 28 heavy (non-hydrogen) atoms. The maximum atomic E-state index is 12.9. The van der Waals surface area contributed by atoms with E-state index in [-0.39, 0.29) is 11.3 Å². The number of benzene rings is 1. The Labute approximate surface area is 160 Å². The van der Waals surface area contributed by atoms with Crippen molar-refractivity contribution < 1.29 is 17.9 Å². The molecule has 144 valence electrons. The summed E-state index contributed by atoms with van der Waals surface area (Å²) < 4.78 is 44.5. The van der Waals surface area contributed by atoms with Gasteiger partial charge < -0.3 is 4.74 Å². The smallest absolute Gasteiger partial charge is 0.406 e. The van der Waals surface area contributed by atoms with Crippen LogP contribution in [-0.4, -0.2) is 25.7 Å². The van der Waals surface area contributed by atoms with Crippen LogP contribution in [0.3, 0.4) is 0 Å². The van der Waals surface area contributed by atoms with Crippen molar-refractivity contribution in [1.29, 1.82) is 0 Å². The molecule has 0 saturated carbocycles. The van der Waals surface area contributed by atoms with Gasteiger partial charge in [0.25, 0.3) is 5.56 Å². The van der Waals surface area contributed by atoms with E-state index in [1.165, 1.54) is 40.2 Å². The third kappa shape index (κ3) is 3.38. The molecule has 0 atom stereocenters. The average Bonchev–Trinajstić information content (AvgIpc) is 3.21. The first-order chi connectivity index (χ1) is 13.2. The molecule has 0 amide bonds. The maximum absolute atomic E-state index is 12.9.